The third-order valence-electron chi connectivity index (χ3n) is 3.96. The summed E-state index contributed by atoms with van der Waals surface area (Å²) >= 11 is 0. The van der Waals surface area contributed by atoms with Crippen molar-refractivity contribution in [1.29, 1.82) is 0 Å². The fourth-order valence-corrected chi connectivity index (χ4v) is 2.69. The van der Waals surface area contributed by atoms with E-state index in [0.29, 0.717) is 5.92 Å². The van der Waals surface area contributed by atoms with E-state index in [1.54, 1.807) is 0 Å². The molecule has 3 rings (SSSR count). The first-order chi connectivity index (χ1) is 7.62. The standard InChI is InChI=1S/C14H16N2/c1-14(2)12(13(14)15)11-5-3-4-9-8-16-7-6-10(9)11/h3-8,12-13H,15H2,1-2H3. The van der Waals surface area contributed by atoms with Crippen LogP contribution in [-0.4, -0.2) is 11.0 Å². The summed E-state index contributed by atoms with van der Waals surface area (Å²) < 4.78 is 0. The lowest BCUT2D eigenvalue weighted by atomic mass is 9.98. The molecule has 1 aromatic heterocycles. The molecule has 16 heavy (non-hydrogen) atoms. The molecule has 2 unspecified atom stereocenters. The van der Waals surface area contributed by atoms with E-state index in [0.717, 1.165) is 0 Å². The van der Waals surface area contributed by atoms with Gasteiger partial charge in [-0.15, -0.1) is 0 Å². The predicted molar refractivity (Wildman–Crippen MR) is 66.2 cm³/mol. The van der Waals surface area contributed by atoms with Gasteiger partial charge in [0, 0.05) is 29.7 Å². The van der Waals surface area contributed by atoms with Crippen LogP contribution in [0.1, 0.15) is 25.3 Å². The van der Waals surface area contributed by atoms with Crippen molar-refractivity contribution in [3.05, 3.63) is 42.2 Å². The number of benzene rings is 1. The lowest BCUT2D eigenvalue weighted by molar-refractivity contribution is 0.600. The number of nitrogens with two attached hydrogens (primary N) is 1. The number of nitrogens with zero attached hydrogens (tertiary/aromatic N) is 1. The molecule has 2 aromatic rings. The van der Waals surface area contributed by atoms with Gasteiger partial charge < -0.3 is 5.73 Å². The second-order valence-electron chi connectivity index (χ2n) is 5.27. The van der Waals surface area contributed by atoms with Crippen LogP contribution in [0.2, 0.25) is 0 Å². The molecule has 2 N–H and O–H groups in total. The molecule has 0 saturated heterocycles. The quantitative estimate of drug-likeness (QED) is 0.789. The minimum atomic E-state index is 0.234. The average Bonchev–Trinajstić information content (AvgIpc) is 2.77. The van der Waals surface area contributed by atoms with Crippen LogP contribution in [0.25, 0.3) is 10.8 Å². The zero-order chi connectivity index (χ0) is 11.3. The molecule has 0 radical (unpaired) electrons. The number of aromatic nitrogens is 1. The third kappa shape index (κ3) is 1.20. The highest BCUT2D eigenvalue weighted by Crippen LogP contribution is 2.58. The molecule has 0 aliphatic heterocycles. The normalized spacial score (nSPS) is 26.9. The van der Waals surface area contributed by atoms with Crippen LogP contribution in [0.3, 0.4) is 0 Å². The summed E-state index contributed by atoms with van der Waals surface area (Å²) in [6.07, 6.45) is 3.77. The molecule has 0 spiro atoms. The number of fused-ring (bicyclic) bond motifs is 1. The Kier molecular flexibility index (Phi) is 1.86. The Hall–Kier alpha value is -1.41. The smallest absolute Gasteiger partial charge is 0.0346 e. The molecule has 1 aliphatic carbocycles. The van der Waals surface area contributed by atoms with Gasteiger partial charge in [-0.25, -0.2) is 0 Å². The summed E-state index contributed by atoms with van der Waals surface area (Å²) in [7, 11) is 0. The molecular weight excluding hydrogens is 196 g/mol. The highest BCUT2D eigenvalue weighted by molar-refractivity contribution is 5.86. The Bertz CT molecular complexity index is 540. The maximum atomic E-state index is 6.15. The van der Waals surface area contributed by atoms with Crippen molar-refractivity contribution in [3.63, 3.8) is 0 Å². The average molecular weight is 212 g/mol. The maximum absolute atomic E-state index is 6.15. The minimum Gasteiger partial charge on any atom is -0.327 e. The van der Waals surface area contributed by atoms with Gasteiger partial charge in [-0.2, -0.15) is 0 Å². The largest absolute Gasteiger partial charge is 0.327 e. The fraction of sp³-hybridized carbons (Fsp3) is 0.357. The third-order valence-corrected chi connectivity index (χ3v) is 3.96. The van der Waals surface area contributed by atoms with Crippen LogP contribution in [0.5, 0.6) is 0 Å². The Morgan fingerprint density at radius 1 is 1.25 bits per heavy atom. The van der Waals surface area contributed by atoms with Gasteiger partial charge in [-0.05, 0) is 22.4 Å². The fourth-order valence-electron chi connectivity index (χ4n) is 2.69. The van der Waals surface area contributed by atoms with Crippen LogP contribution in [0, 0.1) is 5.41 Å². The lowest BCUT2D eigenvalue weighted by Gasteiger charge is -2.07. The van der Waals surface area contributed by atoms with Crippen LogP contribution in [0.4, 0.5) is 0 Å². The van der Waals surface area contributed by atoms with E-state index in [2.05, 4.69) is 43.1 Å². The highest BCUT2D eigenvalue weighted by atomic mass is 14.8. The second kappa shape index (κ2) is 3.05. The SMILES string of the molecule is CC1(C)C(N)C1c1cccc2cnccc12. The van der Waals surface area contributed by atoms with Gasteiger partial charge in [0.2, 0.25) is 0 Å². The Morgan fingerprint density at radius 3 is 2.69 bits per heavy atom. The van der Waals surface area contributed by atoms with Crippen molar-refractivity contribution in [3.8, 4) is 0 Å². The van der Waals surface area contributed by atoms with Gasteiger partial charge in [0.1, 0.15) is 0 Å². The summed E-state index contributed by atoms with van der Waals surface area (Å²) in [5, 5.41) is 2.50. The Morgan fingerprint density at radius 2 is 2.00 bits per heavy atom. The first kappa shape index (κ1) is 9.79. The monoisotopic (exact) mass is 212 g/mol. The van der Waals surface area contributed by atoms with E-state index in [4.69, 9.17) is 5.73 Å². The zero-order valence-electron chi connectivity index (χ0n) is 9.64. The molecule has 2 heteroatoms. The van der Waals surface area contributed by atoms with Crippen molar-refractivity contribution in [2.24, 2.45) is 11.1 Å². The summed E-state index contributed by atoms with van der Waals surface area (Å²) in [4.78, 5) is 4.16. The Balaban J connectivity index is 2.19. The van der Waals surface area contributed by atoms with Gasteiger partial charge in [0.05, 0.1) is 0 Å². The topological polar surface area (TPSA) is 38.9 Å². The molecule has 1 fully saturated rings. The summed E-state index contributed by atoms with van der Waals surface area (Å²) in [6.45, 7) is 4.48. The summed E-state index contributed by atoms with van der Waals surface area (Å²) in [5.74, 6) is 0.485. The maximum Gasteiger partial charge on any atom is 0.0346 e. The van der Waals surface area contributed by atoms with E-state index < -0.39 is 0 Å². The van der Waals surface area contributed by atoms with Gasteiger partial charge >= 0.3 is 0 Å². The molecule has 82 valence electrons. The summed E-state index contributed by atoms with van der Waals surface area (Å²) in [6, 6.07) is 8.77. The number of rotatable bonds is 1. The second-order valence-corrected chi connectivity index (χ2v) is 5.27. The molecular formula is C14H16N2. The Labute approximate surface area is 95.5 Å². The molecule has 1 aliphatic rings. The van der Waals surface area contributed by atoms with Crippen molar-refractivity contribution >= 4 is 10.8 Å². The van der Waals surface area contributed by atoms with Crippen LogP contribution < -0.4 is 5.73 Å². The highest BCUT2D eigenvalue weighted by Gasteiger charge is 2.56. The molecule has 0 bridgehead atoms. The molecule has 2 nitrogen and oxygen atoms in total. The van der Waals surface area contributed by atoms with E-state index in [1.165, 1.54) is 16.3 Å². The van der Waals surface area contributed by atoms with Crippen molar-refractivity contribution in [1.82, 2.24) is 4.98 Å². The molecule has 2 atom stereocenters. The van der Waals surface area contributed by atoms with E-state index in [-0.39, 0.29) is 11.5 Å². The lowest BCUT2D eigenvalue weighted by Crippen LogP contribution is -2.06. The van der Waals surface area contributed by atoms with Crippen LogP contribution in [-0.2, 0) is 0 Å². The van der Waals surface area contributed by atoms with E-state index in [9.17, 15) is 0 Å². The molecule has 1 heterocycles. The zero-order valence-corrected chi connectivity index (χ0v) is 9.64. The van der Waals surface area contributed by atoms with Crippen molar-refractivity contribution in [2.75, 3.05) is 0 Å². The van der Waals surface area contributed by atoms with E-state index >= 15 is 0 Å². The number of hydrogen-bond donors (Lipinski definition) is 1. The van der Waals surface area contributed by atoms with E-state index in [1.807, 2.05) is 12.4 Å². The van der Waals surface area contributed by atoms with Gasteiger partial charge in [0.25, 0.3) is 0 Å². The van der Waals surface area contributed by atoms with Crippen molar-refractivity contribution in [2.45, 2.75) is 25.8 Å². The summed E-state index contributed by atoms with van der Waals surface area (Å²) in [5.41, 5.74) is 7.76. The minimum absolute atomic E-state index is 0.234. The van der Waals surface area contributed by atoms with Gasteiger partial charge in [-0.3, -0.25) is 4.98 Å². The first-order valence-electron chi connectivity index (χ1n) is 5.70. The van der Waals surface area contributed by atoms with Crippen molar-refractivity contribution < 1.29 is 0 Å². The van der Waals surface area contributed by atoms with Gasteiger partial charge in [0.15, 0.2) is 0 Å². The molecule has 1 saturated carbocycles. The molecule has 1 aromatic carbocycles. The number of pyridine rings is 1. The van der Waals surface area contributed by atoms with Crippen LogP contribution >= 0.6 is 0 Å². The molecule has 0 amide bonds. The first-order valence-corrected chi connectivity index (χ1v) is 5.70. The predicted octanol–water partition coefficient (Wildman–Crippen LogP) is 2.69. The van der Waals surface area contributed by atoms with Crippen LogP contribution in [0.15, 0.2) is 36.7 Å². The number of hydrogen-bond acceptors (Lipinski definition) is 2. The van der Waals surface area contributed by atoms with Gasteiger partial charge in [-0.1, -0.05) is 32.0 Å².